The molecule has 0 unspecified atom stereocenters. The second-order valence-electron chi connectivity index (χ2n) is 6.20. The monoisotopic (exact) mass is 245 g/mol. The Morgan fingerprint density at radius 2 is 2.06 bits per heavy atom. The first kappa shape index (κ1) is 11.9. The average Bonchev–Trinajstić information content (AvgIpc) is 2.83. The first-order chi connectivity index (χ1) is 8.66. The highest BCUT2D eigenvalue weighted by atomic mass is 16.5. The van der Waals surface area contributed by atoms with Gasteiger partial charge in [0.15, 0.2) is 0 Å². The van der Waals surface area contributed by atoms with Crippen molar-refractivity contribution in [3.63, 3.8) is 0 Å². The van der Waals surface area contributed by atoms with Crippen LogP contribution in [0.3, 0.4) is 0 Å². The van der Waals surface area contributed by atoms with Gasteiger partial charge in [-0.05, 0) is 56.6 Å². The highest BCUT2D eigenvalue weighted by molar-refractivity contribution is 5.65. The van der Waals surface area contributed by atoms with Crippen LogP contribution in [0.2, 0.25) is 0 Å². The first-order valence-electron chi connectivity index (χ1n) is 7.21. The minimum Gasteiger partial charge on any atom is -0.485 e. The number of hydrogen-bond acceptors (Lipinski definition) is 2. The Balaban J connectivity index is 1.78. The van der Waals surface area contributed by atoms with Crippen LogP contribution in [0.25, 0.3) is 0 Å². The van der Waals surface area contributed by atoms with Crippen molar-refractivity contribution in [1.82, 2.24) is 0 Å². The van der Waals surface area contributed by atoms with Gasteiger partial charge in [0.25, 0.3) is 0 Å². The van der Waals surface area contributed by atoms with Crippen LogP contribution in [0.4, 0.5) is 5.69 Å². The first-order valence-corrected chi connectivity index (χ1v) is 7.21. The predicted molar refractivity (Wildman–Crippen MR) is 75.3 cm³/mol. The molecule has 0 spiro atoms. The summed E-state index contributed by atoms with van der Waals surface area (Å²) in [6.45, 7) is 5.66. The van der Waals surface area contributed by atoms with Crippen LogP contribution in [0, 0.1) is 5.92 Å². The van der Waals surface area contributed by atoms with Gasteiger partial charge in [0.1, 0.15) is 11.4 Å². The van der Waals surface area contributed by atoms with Gasteiger partial charge in [-0.3, -0.25) is 0 Å². The minimum atomic E-state index is 0.0336. The van der Waals surface area contributed by atoms with E-state index in [1.807, 2.05) is 0 Å². The van der Waals surface area contributed by atoms with Crippen molar-refractivity contribution in [2.24, 2.45) is 5.92 Å². The van der Waals surface area contributed by atoms with E-state index in [0.717, 1.165) is 24.6 Å². The number of rotatable bonds is 2. The standard InChI is InChI=1S/C16H23NO/c1-12-6-9-16(2,10-7-12)18-14-5-3-4-13-8-11-17-15(13)14/h3-5,12,17H,6-11H2,1-2H3. The molecule has 0 amide bonds. The molecule has 2 nitrogen and oxygen atoms in total. The Hall–Kier alpha value is -1.18. The molecule has 2 aliphatic rings. The van der Waals surface area contributed by atoms with Crippen molar-refractivity contribution >= 4 is 5.69 Å². The van der Waals surface area contributed by atoms with Crippen molar-refractivity contribution in [3.05, 3.63) is 23.8 Å². The second kappa shape index (κ2) is 4.49. The van der Waals surface area contributed by atoms with E-state index in [1.54, 1.807) is 0 Å². The van der Waals surface area contributed by atoms with Gasteiger partial charge in [0, 0.05) is 6.54 Å². The Bertz CT molecular complexity index is 433. The Kier molecular flexibility index (Phi) is 2.96. The van der Waals surface area contributed by atoms with Crippen LogP contribution < -0.4 is 10.1 Å². The summed E-state index contributed by atoms with van der Waals surface area (Å²) in [4.78, 5) is 0. The van der Waals surface area contributed by atoms with Crippen LogP contribution in [0.15, 0.2) is 18.2 Å². The van der Waals surface area contributed by atoms with Gasteiger partial charge in [-0.2, -0.15) is 0 Å². The van der Waals surface area contributed by atoms with Crippen molar-refractivity contribution in [2.45, 2.75) is 51.6 Å². The smallest absolute Gasteiger partial charge is 0.143 e. The molecule has 1 aliphatic heterocycles. The van der Waals surface area contributed by atoms with Crippen molar-refractivity contribution in [2.75, 3.05) is 11.9 Å². The summed E-state index contributed by atoms with van der Waals surface area (Å²) >= 11 is 0. The zero-order valence-corrected chi connectivity index (χ0v) is 11.5. The summed E-state index contributed by atoms with van der Waals surface area (Å²) in [5.74, 6) is 1.92. The van der Waals surface area contributed by atoms with Gasteiger partial charge in [0.05, 0.1) is 5.69 Å². The van der Waals surface area contributed by atoms with Crippen molar-refractivity contribution < 1.29 is 4.74 Å². The summed E-state index contributed by atoms with van der Waals surface area (Å²) in [7, 11) is 0. The third-order valence-corrected chi connectivity index (χ3v) is 4.50. The van der Waals surface area contributed by atoms with Gasteiger partial charge >= 0.3 is 0 Å². The summed E-state index contributed by atoms with van der Waals surface area (Å²) in [6, 6.07) is 6.43. The molecule has 1 aliphatic carbocycles. The molecular formula is C16H23NO. The second-order valence-corrected chi connectivity index (χ2v) is 6.20. The topological polar surface area (TPSA) is 21.3 Å². The van der Waals surface area contributed by atoms with E-state index in [4.69, 9.17) is 4.74 Å². The maximum atomic E-state index is 6.37. The molecule has 1 fully saturated rings. The number of ether oxygens (including phenoxy) is 1. The van der Waals surface area contributed by atoms with E-state index in [1.165, 1.54) is 36.9 Å². The lowest BCUT2D eigenvalue weighted by Crippen LogP contribution is -2.36. The summed E-state index contributed by atoms with van der Waals surface area (Å²) in [5, 5.41) is 3.46. The molecule has 0 atom stereocenters. The molecular weight excluding hydrogens is 222 g/mol. The molecule has 1 aromatic rings. The largest absolute Gasteiger partial charge is 0.485 e. The van der Waals surface area contributed by atoms with Gasteiger partial charge in [-0.25, -0.2) is 0 Å². The Morgan fingerprint density at radius 1 is 1.28 bits per heavy atom. The maximum Gasteiger partial charge on any atom is 0.143 e. The normalized spacial score (nSPS) is 30.7. The highest BCUT2D eigenvalue weighted by Gasteiger charge is 2.32. The third kappa shape index (κ3) is 2.21. The van der Waals surface area contributed by atoms with Crippen molar-refractivity contribution in [3.8, 4) is 5.75 Å². The fourth-order valence-corrected chi connectivity index (χ4v) is 3.13. The number of fused-ring (bicyclic) bond motifs is 1. The maximum absolute atomic E-state index is 6.37. The van der Waals surface area contributed by atoms with E-state index in [9.17, 15) is 0 Å². The van der Waals surface area contributed by atoms with Gasteiger partial charge in [0.2, 0.25) is 0 Å². The van der Waals surface area contributed by atoms with E-state index in [0.29, 0.717) is 0 Å². The SMILES string of the molecule is CC1CCC(C)(Oc2cccc3c2NCC3)CC1. The quantitative estimate of drug-likeness (QED) is 0.850. The Labute approximate surface area is 110 Å². The number of para-hydroxylation sites is 1. The fraction of sp³-hybridized carbons (Fsp3) is 0.625. The highest BCUT2D eigenvalue weighted by Crippen LogP contribution is 2.39. The summed E-state index contributed by atoms with van der Waals surface area (Å²) in [5.41, 5.74) is 2.67. The lowest BCUT2D eigenvalue weighted by molar-refractivity contribution is 0.0360. The molecule has 0 saturated heterocycles. The van der Waals surface area contributed by atoms with E-state index in [-0.39, 0.29) is 5.60 Å². The predicted octanol–water partition coefficient (Wildman–Crippen LogP) is 4.00. The van der Waals surface area contributed by atoms with Crippen LogP contribution in [-0.4, -0.2) is 12.1 Å². The zero-order valence-electron chi connectivity index (χ0n) is 11.5. The molecule has 0 radical (unpaired) electrons. The summed E-state index contributed by atoms with van der Waals surface area (Å²) in [6.07, 6.45) is 6.06. The molecule has 1 aromatic carbocycles. The summed E-state index contributed by atoms with van der Waals surface area (Å²) < 4.78 is 6.37. The minimum absolute atomic E-state index is 0.0336. The molecule has 3 rings (SSSR count). The fourth-order valence-electron chi connectivity index (χ4n) is 3.13. The molecule has 18 heavy (non-hydrogen) atoms. The van der Waals surface area contributed by atoms with Gasteiger partial charge in [-0.15, -0.1) is 0 Å². The van der Waals surface area contributed by atoms with E-state index >= 15 is 0 Å². The zero-order chi connectivity index (χ0) is 12.6. The van der Waals surface area contributed by atoms with E-state index < -0.39 is 0 Å². The molecule has 1 N–H and O–H groups in total. The van der Waals surface area contributed by atoms with Crippen molar-refractivity contribution in [1.29, 1.82) is 0 Å². The van der Waals surface area contributed by atoms with Crippen LogP contribution >= 0.6 is 0 Å². The molecule has 0 aromatic heterocycles. The number of nitrogens with one attached hydrogen (secondary N) is 1. The number of anilines is 1. The molecule has 1 saturated carbocycles. The van der Waals surface area contributed by atoms with Crippen LogP contribution in [0.1, 0.15) is 45.1 Å². The number of hydrogen-bond donors (Lipinski definition) is 1. The van der Waals surface area contributed by atoms with Gasteiger partial charge < -0.3 is 10.1 Å². The Morgan fingerprint density at radius 3 is 2.83 bits per heavy atom. The third-order valence-electron chi connectivity index (χ3n) is 4.50. The average molecular weight is 245 g/mol. The lowest BCUT2D eigenvalue weighted by Gasteiger charge is -2.37. The number of benzene rings is 1. The van der Waals surface area contributed by atoms with Crippen LogP contribution in [0.5, 0.6) is 5.75 Å². The lowest BCUT2D eigenvalue weighted by atomic mass is 9.80. The molecule has 0 bridgehead atoms. The van der Waals surface area contributed by atoms with Crippen LogP contribution in [-0.2, 0) is 6.42 Å². The molecule has 98 valence electrons. The molecule has 1 heterocycles. The molecule has 2 heteroatoms. The van der Waals surface area contributed by atoms with E-state index in [2.05, 4.69) is 37.4 Å². The van der Waals surface area contributed by atoms with Gasteiger partial charge in [-0.1, -0.05) is 19.1 Å².